The second-order valence-corrected chi connectivity index (χ2v) is 5.53. The monoisotopic (exact) mass is 291 g/mol. The van der Waals surface area contributed by atoms with E-state index in [-0.39, 0.29) is 24.8 Å². The predicted octanol–water partition coefficient (Wildman–Crippen LogP) is 2.05. The second kappa shape index (κ2) is 7.22. The summed E-state index contributed by atoms with van der Waals surface area (Å²) in [5.41, 5.74) is 0.579. The lowest BCUT2D eigenvalue weighted by Crippen LogP contribution is -2.38. The van der Waals surface area contributed by atoms with Crippen molar-refractivity contribution in [2.45, 2.75) is 38.2 Å². The topological polar surface area (TPSA) is 77.8 Å². The molecule has 2 rings (SSSR count). The molecule has 1 aromatic carbocycles. The zero-order valence-corrected chi connectivity index (χ0v) is 11.9. The van der Waals surface area contributed by atoms with Crippen LogP contribution in [0.4, 0.5) is 5.69 Å². The summed E-state index contributed by atoms with van der Waals surface area (Å²) in [6, 6.07) is 8.80. The number of para-hydroxylation sites is 1. The van der Waals surface area contributed by atoms with Gasteiger partial charge in [-0.05, 0) is 30.9 Å². The summed E-state index contributed by atoms with van der Waals surface area (Å²) in [6.07, 6.45) is 3.29. The first kappa shape index (κ1) is 15.5. The van der Waals surface area contributed by atoms with E-state index in [0.29, 0.717) is 5.69 Å². The number of carboxylic acids is 1. The van der Waals surface area contributed by atoms with Crippen LogP contribution in [0.1, 0.15) is 32.1 Å². The van der Waals surface area contributed by atoms with E-state index in [4.69, 9.17) is 5.11 Å². The van der Waals surface area contributed by atoms with Crippen LogP contribution >= 0.6 is 0 Å². The van der Waals surface area contributed by atoms with Crippen molar-refractivity contribution < 1.29 is 19.8 Å². The van der Waals surface area contributed by atoms with Crippen LogP contribution in [-0.2, 0) is 9.59 Å². The fraction of sp³-hybridized carbons (Fsp3) is 0.500. The minimum absolute atomic E-state index is 0.0637. The normalized spacial score (nSPS) is 21.8. The van der Waals surface area contributed by atoms with Crippen LogP contribution in [0.25, 0.3) is 0 Å². The first-order chi connectivity index (χ1) is 10.1. The molecule has 21 heavy (non-hydrogen) atoms. The maximum Gasteiger partial charge on any atom is 0.323 e. The van der Waals surface area contributed by atoms with Gasteiger partial charge in [0.05, 0.1) is 6.10 Å². The van der Waals surface area contributed by atoms with E-state index in [0.717, 1.165) is 25.7 Å². The SMILES string of the molecule is O=C(O)CN(C(=O)C[C@@H]1CCCC[C@H]1O)c1ccccc1. The molecule has 0 aromatic heterocycles. The summed E-state index contributed by atoms with van der Waals surface area (Å²) < 4.78 is 0. The molecule has 1 amide bonds. The lowest BCUT2D eigenvalue weighted by molar-refractivity contribution is -0.136. The van der Waals surface area contributed by atoms with Crippen LogP contribution in [0, 0.1) is 5.92 Å². The van der Waals surface area contributed by atoms with Gasteiger partial charge in [0.15, 0.2) is 0 Å². The molecule has 0 radical (unpaired) electrons. The molecule has 2 atom stereocenters. The quantitative estimate of drug-likeness (QED) is 0.870. The smallest absolute Gasteiger partial charge is 0.323 e. The van der Waals surface area contributed by atoms with Crippen LogP contribution < -0.4 is 4.90 Å². The molecule has 0 bridgehead atoms. The van der Waals surface area contributed by atoms with Crippen molar-refractivity contribution in [2.24, 2.45) is 5.92 Å². The van der Waals surface area contributed by atoms with Gasteiger partial charge in [0, 0.05) is 12.1 Å². The first-order valence-corrected chi connectivity index (χ1v) is 7.33. The molecule has 0 heterocycles. The van der Waals surface area contributed by atoms with Gasteiger partial charge < -0.3 is 15.1 Å². The number of aliphatic hydroxyl groups excluding tert-OH is 1. The third-order valence-electron chi connectivity index (χ3n) is 3.97. The molecule has 0 aliphatic heterocycles. The van der Waals surface area contributed by atoms with Gasteiger partial charge in [0.1, 0.15) is 6.54 Å². The molecule has 114 valence electrons. The highest BCUT2D eigenvalue weighted by Gasteiger charge is 2.28. The molecule has 0 saturated heterocycles. The van der Waals surface area contributed by atoms with Crippen molar-refractivity contribution in [1.29, 1.82) is 0 Å². The Hall–Kier alpha value is -1.88. The van der Waals surface area contributed by atoms with Crippen molar-refractivity contribution in [3.8, 4) is 0 Å². The Morgan fingerprint density at radius 2 is 1.81 bits per heavy atom. The lowest BCUT2D eigenvalue weighted by Gasteiger charge is -2.29. The largest absolute Gasteiger partial charge is 0.480 e. The molecular formula is C16H21NO4. The first-order valence-electron chi connectivity index (χ1n) is 7.33. The van der Waals surface area contributed by atoms with E-state index < -0.39 is 12.1 Å². The highest BCUT2D eigenvalue weighted by Crippen LogP contribution is 2.28. The Balaban J connectivity index is 2.09. The third-order valence-corrected chi connectivity index (χ3v) is 3.97. The molecular weight excluding hydrogens is 270 g/mol. The average Bonchev–Trinajstić information content (AvgIpc) is 2.48. The van der Waals surface area contributed by atoms with Crippen molar-refractivity contribution in [3.63, 3.8) is 0 Å². The molecule has 1 fully saturated rings. The van der Waals surface area contributed by atoms with Crippen LogP contribution in [0.5, 0.6) is 0 Å². The summed E-state index contributed by atoms with van der Waals surface area (Å²) in [6.45, 7) is -0.355. The highest BCUT2D eigenvalue weighted by molar-refractivity contribution is 5.97. The van der Waals surface area contributed by atoms with E-state index in [1.165, 1.54) is 4.90 Å². The van der Waals surface area contributed by atoms with Crippen molar-refractivity contribution in [3.05, 3.63) is 30.3 Å². The Morgan fingerprint density at radius 1 is 1.14 bits per heavy atom. The minimum atomic E-state index is -1.05. The molecule has 1 aliphatic rings. The van der Waals surface area contributed by atoms with Crippen molar-refractivity contribution in [1.82, 2.24) is 0 Å². The number of carbonyl (C=O) groups excluding carboxylic acids is 1. The Labute approximate surface area is 124 Å². The number of rotatable bonds is 5. The van der Waals surface area contributed by atoms with E-state index in [1.807, 2.05) is 6.07 Å². The number of carbonyl (C=O) groups is 2. The van der Waals surface area contributed by atoms with Gasteiger partial charge in [-0.15, -0.1) is 0 Å². The van der Waals surface area contributed by atoms with Crippen molar-refractivity contribution >= 4 is 17.6 Å². The maximum atomic E-state index is 12.4. The zero-order valence-electron chi connectivity index (χ0n) is 11.9. The molecule has 2 N–H and O–H groups in total. The van der Waals surface area contributed by atoms with Crippen LogP contribution in [0.15, 0.2) is 30.3 Å². The molecule has 1 saturated carbocycles. The van der Waals surface area contributed by atoms with Crippen LogP contribution in [0.3, 0.4) is 0 Å². The number of hydrogen-bond acceptors (Lipinski definition) is 3. The number of benzene rings is 1. The maximum absolute atomic E-state index is 12.4. The van der Waals surface area contributed by atoms with Crippen LogP contribution in [-0.4, -0.2) is 34.7 Å². The van der Waals surface area contributed by atoms with Gasteiger partial charge in [-0.3, -0.25) is 9.59 Å². The van der Waals surface area contributed by atoms with Crippen molar-refractivity contribution in [2.75, 3.05) is 11.4 Å². The number of aliphatic hydroxyl groups is 1. The molecule has 0 unspecified atom stereocenters. The number of hydrogen-bond donors (Lipinski definition) is 2. The number of aliphatic carboxylic acids is 1. The van der Waals surface area contributed by atoms with Crippen LogP contribution in [0.2, 0.25) is 0 Å². The van der Waals surface area contributed by atoms with Gasteiger partial charge in [-0.1, -0.05) is 31.0 Å². The number of carboxylic acid groups (broad SMARTS) is 1. The molecule has 5 heteroatoms. The highest BCUT2D eigenvalue weighted by atomic mass is 16.4. The summed E-state index contributed by atoms with van der Waals surface area (Å²) in [5, 5.41) is 19.0. The standard InChI is InChI=1S/C16H21NO4/c18-14-9-5-4-6-12(14)10-15(19)17(11-16(20)21)13-7-2-1-3-8-13/h1-3,7-8,12,14,18H,4-6,9-11H2,(H,20,21)/t12-,14+/m0/s1. The third kappa shape index (κ3) is 4.29. The van der Waals surface area contributed by atoms with E-state index in [1.54, 1.807) is 24.3 Å². The second-order valence-electron chi connectivity index (χ2n) is 5.53. The van der Waals surface area contributed by atoms with Gasteiger partial charge in [0.25, 0.3) is 0 Å². The van der Waals surface area contributed by atoms with E-state index in [9.17, 15) is 14.7 Å². The zero-order chi connectivity index (χ0) is 15.2. The molecule has 0 spiro atoms. The summed E-state index contributed by atoms with van der Waals surface area (Å²) in [7, 11) is 0. The Kier molecular flexibility index (Phi) is 5.33. The summed E-state index contributed by atoms with van der Waals surface area (Å²) >= 11 is 0. The fourth-order valence-corrected chi connectivity index (χ4v) is 2.83. The summed E-state index contributed by atoms with van der Waals surface area (Å²) in [5.74, 6) is -1.35. The predicted molar refractivity (Wildman–Crippen MR) is 79.0 cm³/mol. The van der Waals surface area contributed by atoms with Gasteiger partial charge >= 0.3 is 5.97 Å². The Morgan fingerprint density at radius 3 is 2.43 bits per heavy atom. The molecule has 1 aromatic rings. The van der Waals surface area contributed by atoms with Gasteiger partial charge in [0.2, 0.25) is 5.91 Å². The number of amides is 1. The fourth-order valence-electron chi connectivity index (χ4n) is 2.83. The average molecular weight is 291 g/mol. The number of nitrogens with zero attached hydrogens (tertiary/aromatic N) is 1. The molecule has 5 nitrogen and oxygen atoms in total. The van der Waals surface area contributed by atoms with E-state index >= 15 is 0 Å². The number of anilines is 1. The summed E-state index contributed by atoms with van der Waals surface area (Å²) in [4.78, 5) is 24.7. The Bertz CT molecular complexity index is 488. The lowest BCUT2D eigenvalue weighted by atomic mass is 9.84. The molecule has 1 aliphatic carbocycles. The van der Waals surface area contributed by atoms with Gasteiger partial charge in [-0.25, -0.2) is 0 Å². The van der Waals surface area contributed by atoms with Gasteiger partial charge in [-0.2, -0.15) is 0 Å². The minimum Gasteiger partial charge on any atom is -0.480 e. The van der Waals surface area contributed by atoms with E-state index in [2.05, 4.69) is 0 Å².